The molecular formula is C15H23N3O4S. The molecule has 1 saturated heterocycles. The quantitative estimate of drug-likeness (QED) is 0.601. The first-order chi connectivity index (χ1) is 10.8. The van der Waals surface area contributed by atoms with Crippen LogP contribution in [0.4, 0.5) is 11.4 Å². The highest BCUT2D eigenvalue weighted by molar-refractivity contribution is 7.90. The Morgan fingerprint density at radius 2 is 1.96 bits per heavy atom. The van der Waals surface area contributed by atoms with Gasteiger partial charge in [-0.15, -0.1) is 0 Å². The molecule has 1 fully saturated rings. The molecule has 0 amide bonds. The SMILES string of the molecule is CCCN1CCCN(c2cccc(S(C)(=O)=O)c2[N+](=O)[O-])CC1. The van der Waals surface area contributed by atoms with Gasteiger partial charge in [0.25, 0.3) is 0 Å². The number of rotatable bonds is 5. The number of benzene rings is 1. The summed E-state index contributed by atoms with van der Waals surface area (Å²) in [4.78, 5) is 15.0. The zero-order valence-corrected chi connectivity index (χ0v) is 14.4. The first-order valence-electron chi connectivity index (χ1n) is 7.79. The molecule has 1 aliphatic rings. The smallest absolute Gasteiger partial charge is 0.311 e. The van der Waals surface area contributed by atoms with E-state index in [-0.39, 0.29) is 10.6 Å². The molecule has 1 heterocycles. The van der Waals surface area contributed by atoms with Gasteiger partial charge in [-0.1, -0.05) is 13.0 Å². The van der Waals surface area contributed by atoms with Gasteiger partial charge in [0.05, 0.1) is 4.92 Å². The van der Waals surface area contributed by atoms with Gasteiger partial charge in [-0.3, -0.25) is 10.1 Å². The third-order valence-corrected chi connectivity index (χ3v) is 5.16. The van der Waals surface area contributed by atoms with Crippen molar-refractivity contribution in [2.45, 2.75) is 24.7 Å². The number of hydrogen-bond donors (Lipinski definition) is 0. The summed E-state index contributed by atoms with van der Waals surface area (Å²) in [6.45, 7) is 6.28. The van der Waals surface area contributed by atoms with E-state index in [2.05, 4.69) is 11.8 Å². The summed E-state index contributed by atoms with van der Waals surface area (Å²) < 4.78 is 23.7. The van der Waals surface area contributed by atoms with Gasteiger partial charge in [0, 0.05) is 25.9 Å². The van der Waals surface area contributed by atoms with Gasteiger partial charge in [-0.25, -0.2) is 8.42 Å². The van der Waals surface area contributed by atoms with Crippen LogP contribution in [0, 0.1) is 10.1 Å². The zero-order valence-electron chi connectivity index (χ0n) is 13.6. The van der Waals surface area contributed by atoms with Crippen LogP contribution in [0.1, 0.15) is 19.8 Å². The minimum Gasteiger partial charge on any atom is -0.365 e. The molecule has 2 rings (SSSR count). The second-order valence-electron chi connectivity index (χ2n) is 5.84. The molecule has 1 aromatic carbocycles. The lowest BCUT2D eigenvalue weighted by atomic mass is 10.2. The van der Waals surface area contributed by atoms with Gasteiger partial charge >= 0.3 is 5.69 Å². The predicted octanol–water partition coefficient (Wildman–Crippen LogP) is 1.92. The van der Waals surface area contributed by atoms with E-state index in [1.165, 1.54) is 6.07 Å². The number of para-hydroxylation sites is 1. The van der Waals surface area contributed by atoms with Crippen LogP contribution in [0.2, 0.25) is 0 Å². The zero-order chi connectivity index (χ0) is 17.0. The van der Waals surface area contributed by atoms with E-state index >= 15 is 0 Å². The Bertz CT molecular complexity index is 675. The summed E-state index contributed by atoms with van der Waals surface area (Å²) in [5.41, 5.74) is 0.0928. The normalized spacial score (nSPS) is 17.0. The molecule has 1 aliphatic heterocycles. The van der Waals surface area contributed by atoms with Crippen molar-refractivity contribution in [2.75, 3.05) is 43.9 Å². The molecule has 0 aliphatic carbocycles. The van der Waals surface area contributed by atoms with Crippen LogP contribution in [0.15, 0.2) is 23.1 Å². The van der Waals surface area contributed by atoms with Crippen LogP contribution in [0.5, 0.6) is 0 Å². The van der Waals surface area contributed by atoms with Crippen molar-refractivity contribution in [1.29, 1.82) is 0 Å². The van der Waals surface area contributed by atoms with E-state index in [0.29, 0.717) is 18.8 Å². The highest BCUT2D eigenvalue weighted by atomic mass is 32.2. The van der Waals surface area contributed by atoms with Crippen LogP contribution < -0.4 is 4.90 Å². The van der Waals surface area contributed by atoms with E-state index in [1.807, 2.05) is 4.90 Å². The monoisotopic (exact) mass is 341 g/mol. The van der Waals surface area contributed by atoms with Crippen molar-refractivity contribution in [1.82, 2.24) is 4.90 Å². The molecule has 7 nitrogen and oxygen atoms in total. The summed E-state index contributed by atoms with van der Waals surface area (Å²) in [6, 6.07) is 4.52. The van der Waals surface area contributed by atoms with Crippen molar-refractivity contribution < 1.29 is 13.3 Å². The highest BCUT2D eigenvalue weighted by Crippen LogP contribution is 2.35. The summed E-state index contributed by atoms with van der Waals surface area (Å²) >= 11 is 0. The third-order valence-electron chi connectivity index (χ3n) is 4.03. The van der Waals surface area contributed by atoms with Crippen molar-refractivity contribution in [2.24, 2.45) is 0 Å². The average Bonchev–Trinajstić information content (AvgIpc) is 2.71. The minimum absolute atomic E-state index is 0.213. The van der Waals surface area contributed by atoms with E-state index in [1.54, 1.807) is 12.1 Å². The number of hydrogen-bond acceptors (Lipinski definition) is 6. The minimum atomic E-state index is -3.65. The Kier molecular flexibility index (Phi) is 5.59. The van der Waals surface area contributed by atoms with E-state index < -0.39 is 14.8 Å². The Hall–Kier alpha value is -1.67. The van der Waals surface area contributed by atoms with Crippen molar-refractivity contribution in [3.8, 4) is 0 Å². The van der Waals surface area contributed by atoms with E-state index in [4.69, 9.17) is 0 Å². The summed E-state index contributed by atoms with van der Waals surface area (Å²) in [6.07, 6.45) is 2.98. The van der Waals surface area contributed by atoms with Gasteiger partial charge in [0.15, 0.2) is 9.84 Å². The van der Waals surface area contributed by atoms with Crippen LogP contribution in [-0.2, 0) is 9.84 Å². The lowest BCUT2D eigenvalue weighted by Gasteiger charge is -2.23. The lowest BCUT2D eigenvalue weighted by Crippen LogP contribution is -2.31. The maximum atomic E-state index is 11.9. The molecule has 0 unspecified atom stereocenters. The molecule has 0 N–H and O–H groups in total. The number of nitro benzene ring substituents is 1. The van der Waals surface area contributed by atoms with Gasteiger partial charge in [-0.05, 0) is 38.1 Å². The standard InChI is InChI=1S/C15H23N3O4S/c1-3-8-16-9-5-10-17(12-11-16)13-6-4-7-14(23(2,21)22)15(13)18(19)20/h4,6-7H,3,5,8-12H2,1-2H3. The molecule has 0 aromatic heterocycles. The summed E-state index contributed by atoms with van der Waals surface area (Å²) in [7, 11) is -3.65. The molecule has 8 heteroatoms. The largest absolute Gasteiger partial charge is 0.365 e. The third kappa shape index (κ3) is 4.20. The van der Waals surface area contributed by atoms with Crippen molar-refractivity contribution in [3.63, 3.8) is 0 Å². The molecule has 0 bridgehead atoms. The molecule has 0 saturated carbocycles. The van der Waals surface area contributed by atoms with Crippen LogP contribution >= 0.6 is 0 Å². The molecule has 0 atom stereocenters. The Labute approximate surface area is 137 Å². The second kappa shape index (κ2) is 7.27. The van der Waals surface area contributed by atoms with Crippen LogP contribution in [-0.4, -0.2) is 57.2 Å². The fraction of sp³-hybridized carbons (Fsp3) is 0.600. The Morgan fingerprint density at radius 3 is 2.57 bits per heavy atom. The van der Waals surface area contributed by atoms with Crippen LogP contribution in [0.25, 0.3) is 0 Å². The molecule has 128 valence electrons. The number of nitrogens with zero attached hydrogens (tertiary/aromatic N) is 3. The average molecular weight is 341 g/mol. The van der Waals surface area contributed by atoms with Crippen molar-refractivity contribution >= 4 is 21.2 Å². The van der Waals surface area contributed by atoms with Crippen molar-refractivity contribution in [3.05, 3.63) is 28.3 Å². The first kappa shape index (κ1) is 17.7. The van der Waals surface area contributed by atoms with Gasteiger partial charge in [-0.2, -0.15) is 0 Å². The fourth-order valence-corrected chi connectivity index (χ4v) is 3.86. The number of sulfone groups is 1. The Morgan fingerprint density at radius 1 is 1.22 bits per heavy atom. The van der Waals surface area contributed by atoms with Gasteiger partial charge < -0.3 is 9.80 Å². The topological polar surface area (TPSA) is 83.8 Å². The molecule has 0 radical (unpaired) electrons. The predicted molar refractivity (Wildman–Crippen MR) is 89.8 cm³/mol. The van der Waals surface area contributed by atoms with E-state index in [0.717, 1.165) is 38.7 Å². The summed E-state index contributed by atoms with van der Waals surface area (Å²) in [5, 5.41) is 11.5. The Balaban J connectivity index is 2.38. The van der Waals surface area contributed by atoms with E-state index in [9.17, 15) is 18.5 Å². The number of nitro groups is 1. The van der Waals surface area contributed by atoms with Crippen LogP contribution in [0.3, 0.4) is 0 Å². The maximum Gasteiger partial charge on any atom is 0.311 e. The molecule has 0 spiro atoms. The lowest BCUT2D eigenvalue weighted by molar-refractivity contribution is -0.387. The first-order valence-corrected chi connectivity index (χ1v) is 9.68. The maximum absolute atomic E-state index is 11.9. The molecule has 1 aromatic rings. The second-order valence-corrected chi connectivity index (χ2v) is 7.82. The number of anilines is 1. The van der Waals surface area contributed by atoms with Gasteiger partial charge in [0.1, 0.15) is 10.6 Å². The molecule has 23 heavy (non-hydrogen) atoms. The van der Waals surface area contributed by atoms with Gasteiger partial charge in [0.2, 0.25) is 0 Å². The molecular weight excluding hydrogens is 318 g/mol. The summed E-state index contributed by atoms with van der Waals surface area (Å²) in [5.74, 6) is 0. The fourth-order valence-electron chi connectivity index (χ4n) is 3.00. The highest BCUT2D eigenvalue weighted by Gasteiger charge is 2.29.